The van der Waals surface area contributed by atoms with E-state index in [2.05, 4.69) is 65.4 Å². The lowest BCUT2D eigenvalue weighted by atomic mass is 10.0. The van der Waals surface area contributed by atoms with Crippen molar-refractivity contribution in [1.82, 2.24) is 9.97 Å². The molecule has 1 aromatic heterocycles. The Balaban J connectivity index is 1.91. The first kappa shape index (κ1) is 12.4. The number of nitrogen functional groups attached to an aromatic ring is 1. The van der Waals surface area contributed by atoms with Gasteiger partial charge in [0.15, 0.2) is 0 Å². The van der Waals surface area contributed by atoms with Gasteiger partial charge >= 0.3 is 0 Å². The van der Waals surface area contributed by atoms with Crippen LogP contribution in [0.4, 0.5) is 5.82 Å². The molecular formula is C17H15N3. The van der Waals surface area contributed by atoms with Crippen LogP contribution in [-0.2, 0) is 0 Å². The summed E-state index contributed by atoms with van der Waals surface area (Å²) < 4.78 is 0. The van der Waals surface area contributed by atoms with E-state index >= 15 is 0 Å². The van der Waals surface area contributed by atoms with Crippen molar-refractivity contribution in [2.24, 2.45) is 0 Å². The second-order valence-corrected chi connectivity index (χ2v) is 4.77. The van der Waals surface area contributed by atoms with Crippen LogP contribution in [0.15, 0.2) is 60.9 Å². The summed E-state index contributed by atoms with van der Waals surface area (Å²) in [7, 11) is 0. The second kappa shape index (κ2) is 5.13. The number of aryl methyl sites for hydroxylation is 1. The van der Waals surface area contributed by atoms with E-state index in [4.69, 9.17) is 5.73 Å². The van der Waals surface area contributed by atoms with Gasteiger partial charge in [0.05, 0.1) is 18.1 Å². The molecule has 0 aliphatic rings. The first-order chi connectivity index (χ1) is 9.72. The van der Waals surface area contributed by atoms with Gasteiger partial charge in [-0.2, -0.15) is 0 Å². The molecule has 2 aromatic carbocycles. The molecule has 98 valence electrons. The number of nitrogens with zero attached hydrogens (tertiary/aromatic N) is 2. The van der Waals surface area contributed by atoms with E-state index in [1.165, 1.54) is 16.7 Å². The quantitative estimate of drug-likeness (QED) is 0.765. The molecule has 0 radical (unpaired) electrons. The van der Waals surface area contributed by atoms with Crippen LogP contribution < -0.4 is 5.73 Å². The Morgan fingerprint density at radius 3 is 1.80 bits per heavy atom. The summed E-state index contributed by atoms with van der Waals surface area (Å²) in [5, 5.41) is 0. The van der Waals surface area contributed by atoms with E-state index in [0.717, 1.165) is 11.3 Å². The van der Waals surface area contributed by atoms with Crippen molar-refractivity contribution in [3.63, 3.8) is 0 Å². The van der Waals surface area contributed by atoms with Gasteiger partial charge in [0.25, 0.3) is 0 Å². The molecule has 0 saturated carbocycles. The number of aromatic nitrogens is 2. The molecule has 3 heteroatoms. The van der Waals surface area contributed by atoms with Crippen molar-refractivity contribution in [2.75, 3.05) is 5.73 Å². The molecular weight excluding hydrogens is 246 g/mol. The predicted octanol–water partition coefficient (Wildman–Crippen LogP) is 3.70. The first-order valence-corrected chi connectivity index (χ1v) is 6.47. The minimum atomic E-state index is 0.435. The maximum atomic E-state index is 5.54. The summed E-state index contributed by atoms with van der Waals surface area (Å²) in [6.07, 6.45) is 3.26. The van der Waals surface area contributed by atoms with E-state index in [9.17, 15) is 0 Å². The van der Waals surface area contributed by atoms with Crippen LogP contribution in [0, 0.1) is 6.92 Å². The van der Waals surface area contributed by atoms with Crippen molar-refractivity contribution in [3.8, 4) is 22.4 Å². The van der Waals surface area contributed by atoms with Crippen LogP contribution in [-0.4, -0.2) is 9.97 Å². The zero-order chi connectivity index (χ0) is 13.9. The summed E-state index contributed by atoms with van der Waals surface area (Å²) >= 11 is 0. The van der Waals surface area contributed by atoms with E-state index < -0.39 is 0 Å². The first-order valence-electron chi connectivity index (χ1n) is 6.47. The van der Waals surface area contributed by atoms with Crippen molar-refractivity contribution in [1.29, 1.82) is 0 Å². The third-order valence-corrected chi connectivity index (χ3v) is 3.24. The highest BCUT2D eigenvalue weighted by atomic mass is 14.9. The minimum Gasteiger partial charge on any atom is -0.382 e. The summed E-state index contributed by atoms with van der Waals surface area (Å²) in [5.74, 6) is 0.435. The Morgan fingerprint density at radius 2 is 1.25 bits per heavy atom. The zero-order valence-corrected chi connectivity index (χ0v) is 11.2. The van der Waals surface area contributed by atoms with Crippen LogP contribution in [0.1, 0.15) is 5.56 Å². The molecule has 0 aliphatic carbocycles. The van der Waals surface area contributed by atoms with Gasteiger partial charge in [-0.05, 0) is 18.1 Å². The number of nitrogens with two attached hydrogens (primary N) is 1. The minimum absolute atomic E-state index is 0.435. The maximum absolute atomic E-state index is 5.54. The van der Waals surface area contributed by atoms with E-state index in [1.54, 1.807) is 12.4 Å². The van der Waals surface area contributed by atoms with Crippen LogP contribution in [0.5, 0.6) is 0 Å². The predicted molar refractivity (Wildman–Crippen MR) is 82.1 cm³/mol. The number of rotatable bonds is 2. The fourth-order valence-corrected chi connectivity index (χ4v) is 2.07. The van der Waals surface area contributed by atoms with E-state index in [0.29, 0.717) is 5.82 Å². The summed E-state index contributed by atoms with van der Waals surface area (Å²) in [6, 6.07) is 16.8. The largest absolute Gasteiger partial charge is 0.382 e. The molecule has 3 nitrogen and oxygen atoms in total. The van der Waals surface area contributed by atoms with Gasteiger partial charge in [-0.3, -0.25) is 4.98 Å². The SMILES string of the molecule is Cc1ccc(-c2ccc(-c3cnc(N)cn3)cc2)cc1. The number of hydrogen-bond acceptors (Lipinski definition) is 3. The van der Waals surface area contributed by atoms with Gasteiger partial charge in [0, 0.05) is 5.56 Å². The summed E-state index contributed by atoms with van der Waals surface area (Å²) in [5.41, 5.74) is 11.1. The smallest absolute Gasteiger partial charge is 0.141 e. The fourth-order valence-electron chi connectivity index (χ4n) is 2.07. The molecule has 0 spiro atoms. The van der Waals surface area contributed by atoms with Gasteiger partial charge < -0.3 is 5.73 Å². The van der Waals surface area contributed by atoms with Crippen LogP contribution in [0.25, 0.3) is 22.4 Å². The van der Waals surface area contributed by atoms with Crippen LogP contribution in [0.2, 0.25) is 0 Å². The molecule has 3 aromatic rings. The van der Waals surface area contributed by atoms with Gasteiger partial charge in [0.1, 0.15) is 5.82 Å². The summed E-state index contributed by atoms with van der Waals surface area (Å²) in [4.78, 5) is 8.34. The Bertz CT molecular complexity index is 634. The maximum Gasteiger partial charge on any atom is 0.141 e. The molecule has 3 rings (SSSR count). The zero-order valence-electron chi connectivity index (χ0n) is 11.2. The number of anilines is 1. The molecule has 0 atom stereocenters. The van der Waals surface area contributed by atoms with Gasteiger partial charge in [-0.15, -0.1) is 0 Å². The lowest BCUT2D eigenvalue weighted by Crippen LogP contribution is -1.92. The molecule has 0 aliphatic heterocycles. The molecule has 0 fully saturated rings. The van der Waals surface area contributed by atoms with E-state index in [-0.39, 0.29) is 0 Å². The normalized spacial score (nSPS) is 10.4. The molecule has 0 saturated heterocycles. The van der Waals surface area contributed by atoms with Gasteiger partial charge in [-0.1, -0.05) is 54.1 Å². The average Bonchev–Trinajstić information content (AvgIpc) is 2.49. The van der Waals surface area contributed by atoms with Crippen molar-refractivity contribution < 1.29 is 0 Å². The third kappa shape index (κ3) is 2.52. The average molecular weight is 261 g/mol. The highest BCUT2D eigenvalue weighted by Gasteiger charge is 2.01. The monoisotopic (exact) mass is 261 g/mol. The molecule has 0 unspecified atom stereocenters. The topological polar surface area (TPSA) is 51.8 Å². The lowest BCUT2D eigenvalue weighted by Gasteiger charge is -2.05. The molecule has 2 N–H and O–H groups in total. The standard InChI is InChI=1S/C17H15N3/c1-12-2-4-13(5-3-12)14-6-8-15(9-7-14)16-10-20-17(18)11-19-16/h2-11H,1H3,(H2,18,20). The van der Waals surface area contributed by atoms with Crippen LogP contribution >= 0.6 is 0 Å². The van der Waals surface area contributed by atoms with Crippen molar-refractivity contribution in [2.45, 2.75) is 6.92 Å². The Kier molecular flexibility index (Phi) is 3.17. The van der Waals surface area contributed by atoms with Crippen molar-refractivity contribution in [3.05, 3.63) is 66.5 Å². The van der Waals surface area contributed by atoms with Gasteiger partial charge in [-0.25, -0.2) is 4.98 Å². The molecule has 1 heterocycles. The summed E-state index contributed by atoms with van der Waals surface area (Å²) in [6.45, 7) is 2.09. The number of benzene rings is 2. The Morgan fingerprint density at radius 1 is 0.700 bits per heavy atom. The molecule has 0 bridgehead atoms. The van der Waals surface area contributed by atoms with Crippen molar-refractivity contribution >= 4 is 5.82 Å². The van der Waals surface area contributed by atoms with Crippen LogP contribution in [0.3, 0.4) is 0 Å². The Hall–Kier alpha value is -2.68. The molecule has 20 heavy (non-hydrogen) atoms. The third-order valence-electron chi connectivity index (χ3n) is 3.24. The Labute approximate surface area is 118 Å². The lowest BCUT2D eigenvalue weighted by molar-refractivity contribution is 1.22. The second-order valence-electron chi connectivity index (χ2n) is 4.77. The highest BCUT2D eigenvalue weighted by Crippen LogP contribution is 2.23. The van der Waals surface area contributed by atoms with E-state index in [1.807, 2.05) is 0 Å². The molecule has 0 amide bonds. The highest BCUT2D eigenvalue weighted by molar-refractivity contribution is 5.68. The van der Waals surface area contributed by atoms with Gasteiger partial charge in [0.2, 0.25) is 0 Å². The fraction of sp³-hybridized carbons (Fsp3) is 0.0588. The number of hydrogen-bond donors (Lipinski definition) is 1.